The molecule has 5 atom stereocenters. The van der Waals surface area contributed by atoms with Crippen LogP contribution in [0.4, 0.5) is 5.69 Å². The second-order valence-electron chi connectivity index (χ2n) is 13.4. The average molecular weight is 733 g/mol. The summed E-state index contributed by atoms with van der Waals surface area (Å²) >= 11 is 0. The van der Waals surface area contributed by atoms with Crippen LogP contribution >= 0.6 is 0 Å². The predicted molar refractivity (Wildman–Crippen MR) is 197 cm³/mol. The number of aliphatic hydroxyl groups is 1. The van der Waals surface area contributed by atoms with E-state index in [0.29, 0.717) is 5.56 Å². The van der Waals surface area contributed by atoms with Gasteiger partial charge in [-0.15, -0.1) is 0 Å². The van der Waals surface area contributed by atoms with Crippen molar-refractivity contribution in [2.45, 2.75) is 70.8 Å². The number of hydrogen-bond donors (Lipinski definition) is 9. The Labute approximate surface area is 307 Å². The van der Waals surface area contributed by atoms with E-state index >= 15 is 0 Å². The molecule has 15 heteroatoms. The summed E-state index contributed by atoms with van der Waals surface area (Å²) in [7, 11) is 0. The number of rotatable bonds is 18. The number of amides is 5. The second kappa shape index (κ2) is 19.7. The van der Waals surface area contributed by atoms with Crippen molar-refractivity contribution in [1.29, 1.82) is 0 Å². The summed E-state index contributed by atoms with van der Waals surface area (Å²) in [6.07, 6.45) is -1.59. The number of phenols is 1. The highest BCUT2D eigenvalue weighted by molar-refractivity contribution is 5.98. The topological polar surface area (TPSA) is 249 Å². The molecule has 0 saturated heterocycles. The maximum absolute atomic E-state index is 13.8. The lowest BCUT2D eigenvalue weighted by molar-refractivity contribution is -0.134. The number of carboxylic acid groups (broad SMARTS) is 1. The van der Waals surface area contributed by atoms with Crippen molar-refractivity contribution in [3.8, 4) is 5.75 Å². The first kappa shape index (κ1) is 41.6. The van der Waals surface area contributed by atoms with Crippen LogP contribution in [0.2, 0.25) is 0 Å². The van der Waals surface area contributed by atoms with E-state index in [1.54, 1.807) is 44.2 Å². The molecule has 53 heavy (non-hydrogen) atoms. The zero-order chi connectivity index (χ0) is 39.2. The Morgan fingerprint density at radius 3 is 2.02 bits per heavy atom. The van der Waals surface area contributed by atoms with Gasteiger partial charge in [-0.1, -0.05) is 70.2 Å². The van der Waals surface area contributed by atoms with Gasteiger partial charge in [-0.25, -0.2) is 4.79 Å². The highest BCUT2D eigenvalue weighted by atomic mass is 16.4. The number of phenolic OH excluding ortho intramolecular Hbond substituents is 1. The molecule has 0 aliphatic carbocycles. The van der Waals surface area contributed by atoms with Crippen molar-refractivity contribution in [3.63, 3.8) is 0 Å². The zero-order valence-corrected chi connectivity index (χ0v) is 30.0. The van der Waals surface area contributed by atoms with Gasteiger partial charge < -0.3 is 47.6 Å². The molecule has 0 aliphatic rings. The first-order chi connectivity index (χ1) is 25.0. The molecule has 15 nitrogen and oxygen atoms in total. The third kappa shape index (κ3) is 13.0. The monoisotopic (exact) mass is 732 g/mol. The van der Waals surface area contributed by atoms with E-state index in [2.05, 4.69) is 26.6 Å². The van der Waals surface area contributed by atoms with Gasteiger partial charge in [0.15, 0.2) is 6.10 Å². The van der Waals surface area contributed by atoms with E-state index in [1.807, 2.05) is 13.8 Å². The summed E-state index contributed by atoms with van der Waals surface area (Å²) in [4.78, 5) is 77.5. The fourth-order valence-corrected chi connectivity index (χ4v) is 5.33. The third-order valence-corrected chi connectivity index (χ3v) is 8.17. The minimum atomic E-state index is -1.79. The number of aliphatic hydroxyl groups excluding tert-OH is 1. The summed E-state index contributed by atoms with van der Waals surface area (Å²) in [5, 5.41) is 43.2. The molecule has 3 rings (SSSR count). The largest absolute Gasteiger partial charge is 0.508 e. The molecule has 0 heterocycles. The molecule has 3 aromatic carbocycles. The molecule has 0 fully saturated rings. The Hall–Kier alpha value is -5.80. The van der Waals surface area contributed by atoms with Crippen molar-refractivity contribution in [3.05, 3.63) is 95.6 Å². The Balaban J connectivity index is 1.73. The summed E-state index contributed by atoms with van der Waals surface area (Å²) in [5.41, 5.74) is 6.93. The van der Waals surface area contributed by atoms with Crippen molar-refractivity contribution in [2.75, 3.05) is 11.9 Å². The van der Waals surface area contributed by atoms with Gasteiger partial charge in [0.05, 0.1) is 11.6 Å². The highest BCUT2D eigenvalue weighted by Gasteiger charge is 2.34. The molecule has 0 aliphatic heterocycles. The first-order valence-corrected chi connectivity index (χ1v) is 17.2. The van der Waals surface area contributed by atoms with Crippen LogP contribution in [0, 0.1) is 11.8 Å². The molecule has 0 aromatic heterocycles. The van der Waals surface area contributed by atoms with Crippen LogP contribution in [0.1, 0.15) is 60.4 Å². The molecule has 0 spiro atoms. The summed E-state index contributed by atoms with van der Waals surface area (Å²) < 4.78 is 0. The standard InChI is InChI=1S/C38H48N6O9/c1-21(2)16-30(43-36(50)31(22(3)4)44-34(48)28(39)20-40-33(47)24-12-9-15-27(45)19-24)35(49)42-29(17-23-10-6-5-7-11-23)32(46)37(51)41-26-14-8-13-25(18-26)38(52)53/h5-15,18-19,21-22,28-32,45-46H,16-17,20,39H2,1-4H3,(H,40,47)(H,41,51)(H,42,49)(H,43,50)(H,44,48)(H,52,53)/t28-,29-,30-,31-,32+/m0/s1. The van der Waals surface area contributed by atoms with Crippen LogP contribution in [0.25, 0.3) is 0 Å². The highest BCUT2D eigenvalue weighted by Crippen LogP contribution is 2.15. The number of benzene rings is 3. The Kier molecular flexibility index (Phi) is 15.5. The van der Waals surface area contributed by atoms with Gasteiger partial charge in [-0.3, -0.25) is 24.0 Å². The van der Waals surface area contributed by atoms with Crippen LogP contribution in [-0.2, 0) is 25.6 Å². The lowest BCUT2D eigenvalue weighted by Crippen LogP contribution is -2.60. The number of carboxylic acids is 1. The lowest BCUT2D eigenvalue weighted by atomic mass is 9.97. The molecule has 10 N–H and O–H groups in total. The number of carbonyl (C=O) groups excluding carboxylic acids is 5. The Bertz CT molecular complexity index is 1750. The van der Waals surface area contributed by atoms with E-state index in [-0.39, 0.29) is 47.9 Å². The molecular weight excluding hydrogens is 684 g/mol. The number of aromatic hydroxyl groups is 1. The lowest BCUT2D eigenvalue weighted by Gasteiger charge is -2.29. The van der Waals surface area contributed by atoms with Gasteiger partial charge in [0.2, 0.25) is 17.7 Å². The van der Waals surface area contributed by atoms with Crippen molar-refractivity contribution in [1.82, 2.24) is 21.3 Å². The fourth-order valence-electron chi connectivity index (χ4n) is 5.33. The smallest absolute Gasteiger partial charge is 0.335 e. The molecule has 0 saturated carbocycles. The minimum absolute atomic E-state index is 0.0310. The van der Waals surface area contributed by atoms with Crippen LogP contribution in [0.3, 0.4) is 0 Å². The maximum Gasteiger partial charge on any atom is 0.335 e. The number of hydrogen-bond acceptors (Lipinski definition) is 9. The van der Waals surface area contributed by atoms with Crippen LogP contribution in [0.5, 0.6) is 5.75 Å². The van der Waals surface area contributed by atoms with Crippen molar-refractivity contribution < 1.29 is 44.1 Å². The van der Waals surface area contributed by atoms with Crippen molar-refractivity contribution >= 4 is 41.2 Å². The number of carbonyl (C=O) groups is 6. The van der Waals surface area contributed by atoms with Crippen LogP contribution in [-0.4, -0.2) is 87.6 Å². The van der Waals surface area contributed by atoms with Crippen LogP contribution in [0.15, 0.2) is 78.9 Å². The Morgan fingerprint density at radius 2 is 1.40 bits per heavy atom. The molecule has 0 bridgehead atoms. The van der Waals surface area contributed by atoms with Gasteiger partial charge in [-0.05, 0) is 66.6 Å². The number of nitrogens with two attached hydrogens (primary N) is 1. The quantitative estimate of drug-likeness (QED) is 0.0913. The fraction of sp³-hybridized carbons (Fsp3) is 0.368. The first-order valence-electron chi connectivity index (χ1n) is 17.2. The Morgan fingerprint density at radius 1 is 0.736 bits per heavy atom. The van der Waals surface area contributed by atoms with Gasteiger partial charge in [0.1, 0.15) is 23.9 Å². The SMILES string of the molecule is CC(C)C[C@H](NC(=O)[C@@H](NC(=O)[C@@H](N)CNC(=O)c1cccc(O)c1)C(C)C)C(=O)N[C@@H](Cc1ccccc1)[C@@H](O)C(=O)Nc1cccc(C(=O)O)c1. The normalized spacial score (nSPS) is 13.9. The number of anilines is 1. The number of aromatic carboxylic acids is 1. The molecular formula is C38H48N6O9. The third-order valence-electron chi connectivity index (χ3n) is 8.17. The van der Waals surface area contributed by atoms with Gasteiger partial charge >= 0.3 is 5.97 Å². The molecule has 284 valence electrons. The number of nitrogens with one attached hydrogen (secondary N) is 5. The molecule has 3 aromatic rings. The second-order valence-corrected chi connectivity index (χ2v) is 13.4. The van der Waals surface area contributed by atoms with E-state index in [4.69, 9.17) is 5.73 Å². The maximum atomic E-state index is 13.8. The van der Waals surface area contributed by atoms with Crippen LogP contribution < -0.4 is 32.3 Å². The van der Waals surface area contributed by atoms with E-state index < -0.39 is 71.7 Å². The minimum Gasteiger partial charge on any atom is -0.508 e. The molecule has 0 unspecified atom stereocenters. The van der Waals surface area contributed by atoms with E-state index in [0.717, 1.165) is 0 Å². The summed E-state index contributed by atoms with van der Waals surface area (Å²) in [5.74, 6) is -5.41. The van der Waals surface area contributed by atoms with Gasteiger partial charge in [0.25, 0.3) is 11.8 Å². The zero-order valence-electron chi connectivity index (χ0n) is 30.0. The van der Waals surface area contributed by atoms with Crippen molar-refractivity contribution in [2.24, 2.45) is 17.6 Å². The van der Waals surface area contributed by atoms with Gasteiger partial charge in [0, 0.05) is 17.8 Å². The molecule has 0 radical (unpaired) electrons. The summed E-state index contributed by atoms with van der Waals surface area (Å²) in [6.45, 7) is 6.79. The average Bonchev–Trinajstić information content (AvgIpc) is 3.11. The predicted octanol–water partition coefficient (Wildman–Crippen LogP) is 1.55. The molecule has 5 amide bonds. The van der Waals surface area contributed by atoms with E-state index in [9.17, 15) is 44.1 Å². The van der Waals surface area contributed by atoms with Gasteiger partial charge in [-0.2, -0.15) is 0 Å². The summed E-state index contributed by atoms with van der Waals surface area (Å²) in [6, 6.07) is 15.2. The van der Waals surface area contributed by atoms with E-state index in [1.165, 1.54) is 48.5 Å².